The lowest BCUT2D eigenvalue weighted by atomic mass is 10.2. The summed E-state index contributed by atoms with van der Waals surface area (Å²) in [5.41, 5.74) is 0.678. The minimum absolute atomic E-state index is 0.0371. The summed E-state index contributed by atoms with van der Waals surface area (Å²) in [6, 6.07) is 9.01. The number of aromatic nitrogens is 1. The van der Waals surface area contributed by atoms with E-state index < -0.39 is 4.92 Å². The molecule has 7 nitrogen and oxygen atoms in total. The van der Waals surface area contributed by atoms with Gasteiger partial charge in [0.25, 0.3) is 5.69 Å². The zero-order chi connectivity index (χ0) is 15.2. The molecule has 0 bridgehead atoms. The van der Waals surface area contributed by atoms with Gasteiger partial charge in [-0.05, 0) is 12.1 Å². The second-order valence-corrected chi connectivity index (χ2v) is 4.01. The highest BCUT2D eigenvalue weighted by Gasteiger charge is 2.12. The van der Waals surface area contributed by atoms with Crippen molar-refractivity contribution in [2.24, 2.45) is 0 Å². The van der Waals surface area contributed by atoms with Crippen LogP contribution in [0.5, 0.6) is 5.75 Å². The topological polar surface area (TPSA) is 106 Å². The number of rotatable bonds is 5. The van der Waals surface area contributed by atoms with E-state index >= 15 is 0 Å². The Balaban J connectivity index is 2.22. The summed E-state index contributed by atoms with van der Waals surface area (Å²) in [4.78, 5) is 24.9. The third-order valence-corrected chi connectivity index (χ3v) is 2.71. The molecular formula is C14H9N3O4. The highest BCUT2D eigenvalue weighted by molar-refractivity contribution is 5.80. The molecule has 0 fully saturated rings. The van der Waals surface area contributed by atoms with E-state index in [4.69, 9.17) is 10.00 Å². The van der Waals surface area contributed by atoms with Gasteiger partial charge in [0.05, 0.1) is 10.5 Å². The number of nitriles is 1. The Hall–Kier alpha value is -3.27. The van der Waals surface area contributed by atoms with Crippen LogP contribution in [0.2, 0.25) is 0 Å². The molecule has 0 atom stereocenters. The number of hydrogen-bond acceptors (Lipinski definition) is 6. The Labute approximate surface area is 119 Å². The quantitative estimate of drug-likeness (QED) is 0.473. The van der Waals surface area contributed by atoms with Crippen LogP contribution < -0.4 is 4.74 Å². The van der Waals surface area contributed by atoms with Gasteiger partial charge in [0.2, 0.25) is 0 Å². The Kier molecular flexibility index (Phi) is 4.21. The van der Waals surface area contributed by atoms with Crippen LogP contribution in [0.3, 0.4) is 0 Å². The van der Waals surface area contributed by atoms with Crippen molar-refractivity contribution < 1.29 is 14.5 Å². The number of ether oxygens (including phenoxy) is 1. The highest BCUT2D eigenvalue weighted by atomic mass is 16.6. The van der Waals surface area contributed by atoms with E-state index in [0.717, 1.165) is 6.07 Å². The molecule has 2 aromatic rings. The van der Waals surface area contributed by atoms with Crippen molar-refractivity contribution in [3.63, 3.8) is 0 Å². The molecule has 2 rings (SSSR count). The maximum atomic E-state index is 11.0. The van der Waals surface area contributed by atoms with E-state index in [1.807, 2.05) is 6.07 Å². The molecule has 0 N–H and O–H groups in total. The molecule has 7 heteroatoms. The van der Waals surface area contributed by atoms with Crippen molar-refractivity contribution in [3.8, 4) is 11.8 Å². The van der Waals surface area contributed by atoms with Crippen LogP contribution in [0.1, 0.15) is 21.6 Å². The number of aldehydes is 1. The maximum absolute atomic E-state index is 11.0. The van der Waals surface area contributed by atoms with E-state index in [-0.39, 0.29) is 29.3 Å². The number of nitrogens with zero attached hydrogens (tertiary/aromatic N) is 3. The van der Waals surface area contributed by atoms with Crippen LogP contribution in [-0.4, -0.2) is 16.2 Å². The first-order valence-corrected chi connectivity index (χ1v) is 5.86. The first-order chi connectivity index (χ1) is 10.2. The zero-order valence-corrected chi connectivity index (χ0v) is 10.7. The fraction of sp³-hybridized carbons (Fsp3) is 0.0714. The predicted octanol–water partition coefficient (Wildman–Crippen LogP) is 2.25. The summed E-state index contributed by atoms with van der Waals surface area (Å²) < 4.78 is 5.45. The summed E-state index contributed by atoms with van der Waals surface area (Å²) in [5, 5.41) is 19.6. The van der Waals surface area contributed by atoms with Gasteiger partial charge in [-0.2, -0.15) is 5.26 Å². The predicted molar refractivity (Wildman–Crippen MR) is 71.8 cm³/mol. The fourth-order valence-electron chi connectivity index (χ4n) is 1.68. The van der Waals surface area contributed by atoms with Crippen molar-refractivity contribution in [2.45, 2.75) is 6.61 Å². The third kappa shape index (κ3) is 3.19. The van der Waals surface area contributed by atoms with Crippen molar-refractivity contribution in [1.82, 2.24) is 4.98 Å². The number of non-ortho nitro benzene ring substituents is 1. The molecule has 0 amide bonds. The van der Waals surface area contributed by atoms with E-state index in [1.165, 1.54) is 18.3 Å². The molecule has 0 aliphatic heterocycles. The number of benzene rings is 1. The molecule has 1 heterocycles. The molecule has 0 aliphatic rings. The van der Waals surface area contributed by atoms with Crippen LogP contribution in [0.15, 0.2) is 36.5 Å². The summed E-state index contributed by atoms with van der Waals surface area (Å²) in [7, 11) is 0. The molecule has 0 saturated carbocycles. The molecule has 0 unspecified atom stereocenters. The highest BCUT2D eigenvalue weighted by Crippen LogP contribution is 2.23. The van der Waals surface area contributed by atoms with Crippen LogP contribution in [0.4, 0.5) is 5.69 Å². The first kappa shape index (κ1) is 14.1. The van der Waals surface area contributed by atoms with Gasteiger partial charge in [0.15, 0.2) is 6.29 Å². The number of pyridine rings is 1. The molecule has 0 saturated heterocycles. The molecule has 1 aromatic heterocycles. The largest absolute Gasteiger partial charge is 0.488 e. The maximum Gasteiger partial charge on any atom is 0.270 e. The molecule has 104 valence electrons. The second kappa shape index (κ2) is 6.25. The van der Waals surface area contributed by atoms with E-state index in [9.17, 15) is 14.9 Å². The van der Waals surface area contributed by atoms with Crippen LogP contribution in [-0.2, 0) is 6.61 Å². The van der Waals surface area contributed by atoms with Gasteiger partial charge in [-0.25, -0.2) is 4.98 Å². The summed E-state index contributed by atoms with van der Waals surface area (Å²) in [6.45, 7) is 0.0371. The lowest BCUT2D eigenvalue weighted by molar-refractivity contribution is -0.384. The van der Waals surface area contributed by atoms with Crippen LogP contribution in [0.25, 0.3) is 0 Å². The lowest BCUT2D eigenvalue weighted by Gasteiger charge is -2.08. The Bertz CT molecular complexity index is 737. The van der Waals surface area contributed by atoms with Gasteiger partial charge in [-0.1, -0.05) is 6.07 Å². The van der Waals surface area contributed by atoms with E-state index in [2.05, 4.69) is 4.98 Å². The number of hydrogen-bond donors (Lipinski definition) is 0. The van der Waals surface area contributed by atoms with E-state index in [0.29, 0.717) is 11.8 Å². The zero-order valence-electron chi connectivity index (χ0n) is 10.7. The van der Waals surface area contributed by atoms with Crippen molar-refractivity contribution in [2.75, 3.05) is 0 Å². The summed E-state index contributed by atoms with van der Waals surface area (Å²) in [6.07, 6.45) is 1.97. The minimum atomic E-state index is -0.592. The monoisotopic (exact) mass is 283 g/mol. The molecule has 21 heavy (non-hydrogen) atoms. The van der Waals surface area contributed by atoms with Gasteiger partial charge < -0.3 is 4.74 Å². The van der Waals surface area contributed by atoms with Gasteiger partial charge >= 0.3 is 0 Å². The smallest absolute Gasteiger partial charge is 0.270 e. The van der Waals surface area contributed by atoms with Gasteiger partial charge in [-0.15, -0.1) is 0 Å². The van der Waals surface area contributed by atoms with Crippen LogP contribution >= 0.6 is 0 Å². The van der Waals surface area contributed by atoms with Crippen molar-refractivity contribution in [1.29, 1.82) is 5.26 Å². The SMILES string of the molecule is N#Cc1ncccc1COc1ccc([N+](=O)[O-])cc1C=O. The molecule has 0 radical (unpaired) electrons. The summed E-state index contributed by atoms with van der Waals surface area (Å²) >= 11 is 0. The fourth-order valence-corrected chi connectivity index (χ4v) is 1.68. The molecule has 0 aliphatic carbocycles. The van der Waals surface area contributed by atoms with Gasteiger partial charge in [-0.3, -0.25) is 14.9 Å². The summed E-state index contributed by atoms with van der Waals surface area (Å²) in [5.74, 6) is 0.211. The Morgan fingerprint density at radius 1 is 1.43 bits per heavy atom. The van der Waals surface area contributed by atoms with Crippen LogP contribution in [0, 0.1) is 21.4 Å². The minimum Gasteiger partial charge on any atom is -0.488 e. The van der Waals surface area contributed by atoms with Crippen molar-refractivity contribution in [3.05, 3.63) is 63.5 Å². The van der Waals surface area contributed by atoms with E-state index in [1.54, 1.807) is 12.1 Å². The first-order valence-electron chi connectivity index (χ1n) is 5.86. The normalized spacial score (nSPS) is 9.67. The average Bonchev–Trinajstić information content (AvgIpc) is 2.52. The third-order valence-electron chi connectivity index (χ3n) is 2.71. The Morgan fingerprint density at radius 3 is 2.90 bits per heavy atom. The van der Waals surface area contributed by atoms with Gasteiger partial charge in [0.1, 0.15) is 24.1 Å². The molecule has 0 spiro atoms. The second-order valence-electron chi connectivity index (χ2n) is 4.01. The number of nitro groups is 1. The number of carbonyl (C=O) groups is 1. The standard InChI is InChI=1S/C14H9N3O4/c15-7-13-10(2-1-5-16-13)9-21-14-4-3-12(17(19)20)6-11(14)8-18/h1-6,8H,9H2. The molecular weight excluding hydrogens is 274 g/mol. The number of carbonyl (C=O) groups excluding carboxylic acids is 1. The molecule has 1 aromatic carbocycles. The van der Waals surface area contributed by atoms with Crippen molar-refractivity contribution >= 4 is 12.0 Å². The average molecular weight is 283 g/mol. The lowest BCUT2D eigenvalue weighted by Crippen LogP contribution is -2.02. The number of nitro benzene ring substituents is 1. The van der Waals surface area contributed by atoms with Gasteiger partial charge in [0, 0.05) is 23.9 Å². The Morgan fingerprint density at radius 2 is 2.24 bits per heavy atom.